The van der Waals surface area contributed by atoms with Crippen LogP contribution in [0.5, 0.6) is 0 Å². The predicted octanol–water partition coefficient (Wildman–Crippen LogP) is 6.62. The third-order valence-corrected chi connectivity index (χ3v) is 12.8. The molecule has 6 aromatic rings. The Morgan fingerprint density at radius 1 is 0.575 bits per heavy atom. The van der Waals surface area contributed by atoms with E-state index in [-0.39, 0.29) is 52.2 Å². The molecule has 20 nitrogen and oxygen atoms in total. The summed E-state index contributed by atoms with van der Waals surface area (Å²) in [4.78, 5) is 137. The van der Waals surface area contributed by atoms with Crippen molar-refractivity contribution in [2.24, 2.45) is 0 Å². The topological polar surface area (TPSA) is 295 Å². The molecule has 2 heterocycles. The Bertz CT molecular complexity index is 3300. The van der Waals surface area contributed by atoms with Crippen LogP contribution in [0.2, 0.25) is 10.0 Å². The lowest BCUT2D eigenvalue weighted by Crippen LogP contribution is -2.47. The highest BCUT2D eigenvalue weighted by molar-refractivity contribution is 6.39. The number of Topliss-reactive ketones (excluding diaryl/α,β-unsaturated/α-hetero) is 2. The summed E-state index contributed by atoms with van der Waals surface area (Å²) in [5.41, 5.74) is 1.92. The van der Waals surface area contributed by atoms with Crippen molar-refractivity contribution in [3.63, 3.8) is 0 Å². The second-order valence-electron chi connectivity index (χ2n) is 18.0. The number of carboxylic acid groups (broad SMARTS) is 2. The average Bonchev–Trinajstić information content (AvgIpc) is 3.46. The van der Waals surface area contributed by atoms with Crippen LogP contribution in [0.4, 0.5) is 11.4 Å². The molecule has 0 saturated heterocycles. The first kappa shape index (κ1) is 61.8. The number of ether oxygens (including phenoxy) is 1. The molecule has 6 N–H and O–H groups in total. The minimum atomic E-state index is -1.58. The largest absolute Gasteiger partial charge is 0.481 e. The number of esters is 1. The van der Waals surface area contributed by atoms with Crippen LogP contribution in [-0.4, -0.2) is 91.1 Å². The summed E-state index contributed by atoms with van der Waals surface area (Å²) in [5.74, 6) is -7.25. The number of carbonyl (C=O) groups is 9. The van der Waals surface area contributed by atoms with E-state index < -0.39 is 102 Å². The highest BCUT2D eigenvalue weighted by Crippen LogP contribution is 2.25. The molecular formula is C58H58Cl2N6O14. The van der Waals surface area contributed by atoms with Gasteiger partial charge < -0.3 is 45.4 Å². The zero-order chi connectivity index (χ0) is 58.3. The van der Waals surface area contributed by atoms with Gasteiger partial charge in [-0.2, -0.15) is 0 Å². The van der Waals surface area contributed by atoms with Gasteiger partial charge in [-0.15, -0.1) is 0 Å². The number of nitrogens with one attached hydrogen (secondary N) is 4. The van der Waals surface area contributed by atoms with Gasteiger partial charge in [-0.3, -0.25) is 47.9 Å². The van der Waals surface area contributed by atoms with Gasteiger partial charge in [0.2, 0.25) is 23.6 Å². The molecule has 22 heteroatoms. The smallest absolute Gasteiger partial charge is 0.341 e. The molecule has 2 aromatic heterocycles. The normalized spacial score (nSPS) is 11.8. The molecule has 418 valence electrons. The summed E-state index contributed by atoms with van der Waals surface area (Å²) < 4.78 is 7.23. The Morgan fingerprint density at radius 3 is 1.59 bits per heavy atom. The van der Waals surface area contributed by atoms with E-state index in [0.29, 0.717) is 25.0 Å². The van der Waals surface area contributed by atoms with Crippen molar-refractivity contribution in [1.82, 2.24) is 19.8 Å². The molecule has 4 amide bonds. The molecule has 0 radical (unpaired) electrons. The van der Waals surface area contributed by atoms with Gasteiger partial charge in [0.15, 0.2) is 18.2 Å². The molecule has 0 saturated carbocycles. The van der Waals surface area contributed by atoms with Crippen LogP contribution < -0.4 is 32.4 Å². The van der Waals surface area contributed by atoms with Crippen molar-refractivity contribution in [3.8, 4) is 0 Å². The SMILES string of the molecule is CCC(=O)[C@H](CC(=O)O)NC(=O)Cn1c(Cc2ccccc2)ccc(NC(=O)CCc2ccccc2)c1=O.C[C@@H](C(=O)N[C@@H](CC(=O)O)C(=O)COC(=O)c1c(Cl)cccc1Cl)n1cccc(NC(=O)CCc2ccccc2)c1=O. The number of hydrogen-bond donors (Lipinski definition) is 6. The Balaban J connectivity index is 0.000000295. The fourth-order valence-corrected chi connectivity index (χ4v) is 8.43. The Hall–Kier alpha value is -9.01. The summed E-state index contributed by atoms with van der Waals surface area (Å²) in [6.45, 7) is 1.62. The maximum atomic E-state index is 13.4. The molecular weight excluding hydrogens is 1080 g/mol. The summed E-state index contributed by atoms with van der Waals surface area (Å²) in [5, 5.41) is 28.3. The Morgan fingerprint density at radius 2 is 1.07 bits per heavy atom. The zero-order valence-electron chi connectivity index (χ0n) is 43.5. The van der Waals surface area contributed by atoms with Gasteiger partial charge in [0.25, 0.3) is 11.1 Å². The second kappa shape index (κ2) is 30.8. The summed E-state index contributed by atoms with van der Waals surface area (Å²) in [6.07, 6.45) is 1.62. The van der Waals surface area contributed by atoms with Gasteiger partial charge in [-0.1, -0.05) is 127 Å². The van der Waals surface area contributed by atoms with E-state index in [1.165, 1.54) is 54.1 Å². The molecule has 0 bridgehead atoms. The number of nitrogens with zero attached hydrogens (tertiary/aromatic N) is 2. The van der Waals surface area contributed by atoms with Crippen molar-refractivity contribution < 1.29 is 58.1 Å². The van der Waals surface area contributed by atoms with Gasteiger partial charge in [0.05, 0.1) is 34.5 Å². The number of aryl methyl sites for hydroxylation is 2. The number of aliphatic carboxylic acids is 2. The van der Waals surface area contributed by atoms with Crippen molar-refractivity contribution in [2.45, 2.75) is 89.9 Å². The average molecular weight is 1130 g/mol. The van der Waals surface area contributed by atoms with Gasteiger partial charge in [0.1, 0.15) is 30.0 Å². The van der Waals surface area contributed by atoms with Gasteiger partial charge in [-0.05, 0) is 72.9 Å². The first-order valence-electron chi connectivity index (χ1n) is 25.1. The maximum Gasteiger partial charge on any atom is 0.341 e. The number of amides is 4. The van der Waals surface area contributed by atoms with Crippen LogP contribution in [0.3, 0.4) is 0 Å². The highest BCUT2D eigenvalue weighted by atomic mass is 35.5. The molecule has 0 aliphatic carbocycles. The fraction of sp³-hybridized carbons (Fsp3) is 0.259. The number of aromatic nitrogens is 2. The first-order valence-corrected chi connectivity index (χ1v) is 25.8. The minimum absolute atomic E-state index is 0.00998. The van der Waals surface area contributed by atoms with Crippen molar-refractivity contribution >= 4 is 87.7 Å². The molecule has 6 rings (SSSR count). The van der Waals surface area contributed by atoms with Crippen molar-refractivity contribution in [1.29, 1.82) is 0 Å². The van der Waals surface area contributed by atoms with E-state index in [9.17, 15) is 57.8 Å². The van der Waals surface area contributed by atoms with Crippen molar-refractivity contribution in [2.75, 3.05) is 17.2 Å². The summed E-state index contributed by atoms with van der Waals surface area (Å²) >= 11 is 11.9. The minimum Gasteiger partial charge on any atom is -0.481 e. The van der Waals surface area contributed by atoms with Crippen LogP contribution in [0.1, 0.15) is 84.7 Å². The molecule has 0 spiro atoms. The van der Waals surface area contributed by atoms with Crippen LogP contribution in [0.25, 0.3) is 0 Å². The molecule has 4 aromatic carbocycles. The zero-order valence-corrected chi connectivity index (χ0v) is 45.0. The number of carboxylic acids is 2. The lowest BCUT2D eigenvalue weighted by molar-refractivity contribution is -0.141. The quantitative estimate of drug-likeness (QED) is 0.0311. The maximum absolute atomic E-state index is 13.4. The fourth-order valence-electron chi connectivity index (χ4n) is 7.88. The Kier molecular flexibility index (Phi) is 23.8. The first-order chi connectivity index (χ1) is 38.2. The van der Waals surface area contributed by atoms with Gasteiger partial charge in [-0.25, -0.2) is 4.79 Å². The van der Waals surface area contributed by atoms with E-state index in [4.69, 9.17) is 33.0 Å². The third kappa shape index (κ3) is 19.2. The number of carbonyl (C=O) groups excluding carboxylic acids is 7. The number of pyridine rings is 2. The predicted molar refractivity (Wildman–Crippen MR) is 298 cm³/mol. The Labute approximate surface area is 469 Å². The monoisotopic (exact) mass is 1130 g/mol. The van der Waals surface area contributed by atoms with E-state index in [2.05, 4.69) is 21.3 Å². The standard InChI is InChI=1S/C29H27Cl2N3O8.C29H31N3O6/c1-17(34-14-6-11-21(28(34)40)32-24(36)13-12-18-7-3-2-4-8-18)27(39)33-22(15-25(37)38)23(35)16-42-29(41)26-19(30)9-5-10-20(26)31;1-2-25(33)24(18-28(36)37)31-27(35)19-32-22(17-21-11-7-4-8-12-21)14-15-23(29(32)38)30-26(34)16-13-20-9-5-3-6-10-20/h2-11,14,17,22H,12-13,15-16H2,1H3,(H,32,36)(H,33,39)(H,37,38);3-12,14-15,24H,2,13,16-19H2,1H3,(H,30,34)(H,31,35)(H,36,37)/t17-,22-;24-/m00/s1. The second-order valence-corrected chi connectivity index (χ2v) is 18.8. The van der Waals surface area contributed by atoms with E-state index in [1.54, 1.807) is 13.0 Å². The number of ketones is 2. The van der Waals surface area contributed by atoms with E-state index >= 15 is 0 Å². The van der Waals surface area contributed by atoms with E-state index in [0.717, 1.165) is 21.3 Å². The molecule has 80 heavy (non-hydrogen) atoms. The number of benzene rings is 4. The number of rotatable bonds is 26. The lowest BCUT2D eigenvalue weighted by atomic mass is 10.1. The molecule has 0 fully saturated rings. The number of hydrogen-bond acceptors (Lipinski definition) is 12. The number of halogens is 2. The van der Waals surface area contributed by atoms with Crippen LogP contribution in [-0.2, 0) is 68.9 Å². The summed E-state index contributed by atoms with van der Waals surface area (Å²) in [6, 6.07) is 34.5. The van der Waals surface area contributed by atoms with Crippen LogP contribution in [0, 0.1) is 0 Å². The highest BCUT2D eigenvalue weighted by Gasteiger charge is 2.29. The van der Waals surface area contributed by atoms with Crippen molar-refractivity contribution in [3.05, 3.63) is 198 Å². The summed E-state index contributed by atoms with van der Waals surface area (Å²) in [7, 11) is 0. The third-order valence-electron chi connectivity index (χ3n) is 12.1. The van der Waals surface area contributed by atoms with Crippen LogP contribution >= 0.6 is 23.2 Å². The van der Waals surface area contributed by atoms with E-state index in [1.807, 2.05) is 91.0 Å². The molecule has 0 aliphatic heterocycles. The molecule has 0 aliphatic rings. The number of anilines is 2. The van der Waals surface area contributed by atoms with Crippen LogP contribution in [0.15, 0.2) is 149 Å². The van der Waals surface area contributed by atoms with Gasteiger partial charge in [0, 0.05) is 37.6 Å². The lowest BCUT2D eigenvalue weighted by Gasteiger charge is -2.21. The molecule has 3 atom stereocenters. The molecule has 0 unspecified atom stereocenters. The van der Waals surface area contributed by atoms with Gasteiger partial charge >= 0.3 is 17.9 Å².